The van der Waals surface area contributed by atoms with E-state index >= 15 is 0 Å². The Morgan fingerprint density at radius 3 is 2.57 bits per heavy atom. The lowest BCUT2D eigenvalue weighted by atomic mass is 10.0. The molecule has 0 fully saturated rings. The third-order valence-corrected chi connectivity index (χ3v) is 4.16. The summed E-state index contributed by atoms with van der Waals surface area (Å²) in [5.74, 6) is 0.875. The van der Waals surface area contributed by atoms with Crippen molar-refractivity contribution >= 4 is 10.8 Å². The van der Waals surface area contributed by atoms with Gasteiger partial charge in [-0.3, -0.25) is 9.55 Å². The molecule has 0 spiro atoms. The maximum absolute atomic E-state index is 5.34. The summed E-state index contributed by atoms with van der Waals surface area (Å²) in [7, 11) is 0. The van der Waals surface area contributed by atoms with E-state index in [4.69, 9.17) is 4.42 Å². The average Bonchev–Trinajstić information content (AvgIpc) is 3.14. The summed E-state index contributed by atoms with van der Waals surface area (Å²) in [5.41, 5.74) is 5.87. The highest BCUT2D eigenvalue weighted by Crippen LogP contribution is 2.31. The molecule has 114 valence electrons. The molecule has 0 bridgehead atoms. The van der Waals surface area contributed by atoms with E-state index in [1.165, 1.54) is 22.4 Å². The Hall–Kier alpha value is -2.88. The number of rotatable bonds is 2. The van der Waals surface area contributed by atoms with E-state index in [-0.39, 0.29) is 0 Å². The highest BCUT2D eigenvalue weighted by Gasteiger charge is 2.15. The number of hydrogen-bond donors (Lipinski definition) is 0. The van der Waals surface area contributed by atoms with Crippen LogP contribution < -0.4 is 0 Å². The lowest BCUT2D eigenvalue weighted by molar-refractivity contribution is 0.572. The second-order valence-electron chi connectivity index (χ2n) is 5.93. The summed E-state index contributed by atoms with van der Waals surface area (Å²) >= 11 is 0. The molecule has 0 saturated carbocycles. The number of benzene rings is 1. The van der Waals surface area contributed by atoms with Gasteiger partial charge in [-0.15, -0.1) is 0 Å². The van der Waals surface area contributed by atoms with Crippen molar-refractivity contribution in [3.8, 4) is 17.1 Å². The number of hydrogen-bond acceptors (Lipinski definition) is 3. The summed E-state index contributed by atoms with van der Waals surface area (Å²) in [6.45, 7) is 6.39. The van der Waals surface area contributed by atoms with Crippen LogP contribution in [0.4, 0.5) is 0 Å². The molecular weight excluding hydrogens is 286 g/mol. The number of nitrogens with zero attached hydrogens (tertiary/aromatic N) is 3. The third-order valence-electron chi connectivity index (χ3n) is 4.16. The minimum atomic E-state index is 0.875. The molecule has 0 unspecified atom stereocenters. The molecule has 0 atom stereocenters. The number of fused-ring (bicyclic) bond motifs is 1. The zero-order valence-corrected chi connectivity index (χ0v) is 13.4. The number of aryl methyl sites for hydroxylation is 3. The molecule has 4 rings (SSSR count). The number of pyridine rings is 1. The normalized spacial score (nSPS) is 11.3. The quantitative estimate of drug-likeness (QED) is 0.543. The van der Waals surface area contributed by atoms with Crippen LogP contribution in [0.3, 0.4) is 0 Å². The van der Waals surface area contributed by atoms with Gasteiger partial charge in [0.2, 0.25) is 0 Å². The molecule has 23 heavy (non-hydrogen) atoms. The van der Waals surface area contributed by atoms with Crippen molar-refractivity contribution in [1.82, 2.24) is 14.5 Å². The summed E-state index contributed by atoms with van der Waals surface area (Å²) in [4.78, 5) is 8.90. The van der Waals surface area contributed by atoms with Gasteiger partial charge in [-0.2, -0.15) is 0 Å². The molecule has 3 heterocycles. The van der Waals surface area contributed by atoms with Crippen molar-refractivity contribution in [2.45, 2.75) is 20.8 Å². The van der Waals surface area contributed by atoms with Crippen LogP contribution in [0.5, 0.6) is 0 Å². The first-order valence-electron chi connectivity index (χ1n) is 7.57. The molecule has 4 aromatic rings. The smallest absolute Gasteiger partial charge is 0.146 e. The predicted molar refractivity (Wildman–Crippen MR) is 90.8 cm³/mol. The van der Waals surface area contributed by atoms with Crippen molar-refractivity contribution < 1.29 is 4.42 Å². The molecule has 0 saturated heterocycles. The molecule has 1 aromatic carbocycles. The molecule has 0 aliphatic heterocycles. The first-order chi connectivity index (χ1) is 11.1. The van der Waals surface area contributed by atoms with Crippen LogP contribution in [0.1, 0.15) is 16.7 Å². The minimum Gasteiger partial charge on any atom is -0.471 e. The average molecular weight is 303 g/mol. The first-order valence-corrected chi connectivity index (χ1v) is 7.57. The lowest BCUT2D eigenvalue weighted by Crippen LogP contribution is -2.02. The Labute approximate surface area is 134 Å². The highest BCUT2D eigenvalue weighted by molar-refractivity contribution is 5.93. The fraction of sp³-hybridized carbons (Fsp3) is 0.158. The van der Waals surface area contributed by atoms with Crippen LogP contribution in [-0.2, 0) is 0 Å². The van der Waals surface area contributed by atoms with Gasteiger partial charge in [0, 0.05) is 41.1 Å². The largest absolute Gasteiger partial charge is 0.471 e. The van der Waals surface area contributed by atoms with Crippen molar-refractivity contribution in [3.05, 3.63) is 66.1 Å². The first kappa shape index (κ1) is 13.8. The molecular formula is C19H17N3O. The van der Waals surface area contributed by atoms with E-state index in [9.17, 15) is 0 Å². The van der Waals surface area contributed by atoms with Gasteiger partial charge in [0.1, 0.15) is 5.82 Å². The van der Waals surface area contributed by atoms with E-state index in [2.05, 4.69) is 47.4 Å². The van der Waals surface area contributed by atoms with Crippen molar-refractivity contribution in [2.24, 2.45) is 0 Å². The summed E-state index contributed by atoms with van der Waals surface area (Å²) in [6, 6.07) is 4.39. The van der Waals surface area contributed by atoms with Gasteiger partial charge >= 0.3 is 0 Å². The van der Waals surface area contributed by atoms with E-state index in [0.29, 0.717) is 0 Å². The van der Waals surface area contributed by atoms with Gasteiger partial charge in [-0.25, -0.2) is 4.98 Å². The van der Waals surface area contributed by atoms with Crippen LogP contribution in [0.25, 0.3) is 27.8 Å². The van der Waals surface area contributed by atoms with Crippen LogP contribution in [0, 0.1) is 20.8 Å². The van der Waals surface area contributed by atoms with E-state index in [1.807, 2.05) is 18.6 Å². The topological polar surface area (TPSA) is 43.9 Å². The maximum atomic E-state index is 5.34. The maximum Gasteiger partial charge on any atom is 0.146 e. The number of furan rings is 1. The fourth-order valence-electron chi connectivity index (χ4n) is 3.30. The standard InChI is InChI=1S/C19H17N3O/c1-12-6-13(2)18(14(3)7-12)22-5-4-21-19(22)16-9-20-8-15-10-23-11-17(15)16/h4-11H,1-3H3. The summed E-state index contributed by atoms with van der Waals surface area (Å²) in [6.07, 6.45) is 10.9. The molecule has 0 aliphatic carbocycles. The van der Waals surface area contributed by atoms with E-state index in [0.717, 1.165) is 22.2 Å². The second-order valence-corrected chi connectivity index (χ2v) is 5.93. The van der Waals surface area contributed by atoms with Crippen LogP contribution in [-0.4, -0.2) is 14.5 Å². The molecule has 0 N–H and O–H groups in total. The predicted octanol–water partition coefficient (Wildman–Crippen LogP) is 4.61. The Bertz CT molecular complexity index is 987. The molecule has 0 amide bonds. The molecule has 3 aromatic heterocycles. The Morgan fingerprint density at radius 1 is 1.00 bits per heavy atom. The molecule has 0 radical (unpaired) electrons. The molecule has 4 nitrogen and oxygen atoms in total. The molecule has 0 aliphatic rings. The summed E-state index contributed by atoms with van der Waals surface area (Å²) < 4.78 is 7.47. The van der Waals surface area contributed by atoms with Gasteiger partial charge in [0.05, 0.1) is 18.2 Å². The van der Waals surface area contributed by atoms with Crippen molar-refractivity contribution in [1.29, 1.82) is 0 Å². The van der Waals surface area contributed by atoms with E-state index in [1.54, 1.807) is 18.7 Å². The van der Waals surface area contributed by atoms with Crippen molar-refractivity contribution in [2.75, 3.05) is 0 Å². The second kappa shape index (κ2) is 5.09. The fourth-order valence-corrected chi connectivity index (χ4v) is 3.30. The number of imidazole rings is 1. The van der Waals surface area contributed by atoms with Gasteiger partial charge in [-0.05, 0) is 31.9 Å². The van der Waals surface area contributed by atoms with Crippen LogP contribution in [0.2, 0.25) is 0 Å². The lowest BCUT2D eigenvalue weighted by Gasteiger charge is -2.15. The van der Waals surface area contributed by atoms with Crippen LogP contribution in [0.15, 0.2) is 53.9 Å². The summed E-state index contributed by atoms with van der Waals surface area (Å²) in [5, 5.41) is 2.00. The Kier molecular flexibility index (Phi) is 3.05. The zero-order chi connectivity index (χ0) is 16.0. The van der Waals surface area contributed by atoms with Gasteiger partial charge in [0.25, 0.3) is 0 Å². The Morgan fingerprint density at radius 2 is 1.78 bits per heavy atom. The molecule has 4 heteroatoms. The van der Waals surface area contributed by atoms with E-state index < -0.39 is 0 Å². The van der Waals surface area contributed by atoms with Crippen LogP contribution >= 0.6 is 0 Å². The Balaban J connectivity index is 1.99. The van der Waals surface area contributed by atoms with Gasteiger partial charge in [-0.1, -0.05) is 17.7 Å². The number of aromatic nitrogens is 3. The third kappa shape index (κ3) is 2.14. The minimum absolute atomic E-state index is 0.875. The highest BCUT2D eigenvalue weighted by atomic mass is 16.3. The van der Waals surface area contributed by atoms with Gasteiger partial charge in [0.15, 0.2) is 0 Å². The monoisotopic (exact) mass is 303 g/mol. The van der Waals surface area contributed by atoms with Crippen molar-refractivity contribution in [3.63, 3.8) is 0 Å². The van der Waals surface area contributed by atoms with Gasteiger partial charge < -0.3 is 4.42 Å². The SMILES string of the molecule is Cc1cc(C)c(-n2ccnc2-c2cncc3cocc23)c(C)c1. The zero-order valence-electron chi connectivity index (χ0n) is 13.4.